The molecule has 1 N–H and O–H groups in total. The van der Waals surface area contributed by atoms with Gasteiger partial charge in [-0.15, -0.1) is 11.3 Å². The van der Waals surface area contributed by atoms with Crippen LogP contribution in [-0.2, 0) is 0 Å². The summed E-state index contributed by atoms with van der Waals surface area (Å²) in [4.78, 5) is 15.7. The molecule has 19 heavy (non-hydrogen) atoms. The number of aromatic carboxylic acids is 1. The number of thiazole rings is 1. The fourth-order valence-electron chi connectivity index (χ4n) is 3.58. The molecule has 0 radical (unpaired) electrons. The number of aromatic nitrogens is 1. The molecule has 1 aromatic carbocycles. The van der Waals surface area contributed by atoms with Crippen LogP contribution >= 0.6 is 11.3 Å². The van der Waals surface area contributed by atoms with Gasteiger partial charge in [-0.1, -0.05) is 12.8 Å². The number of nitrogens with zero attached hydrogens (tertiary/aromatic N) is 1. The smallest absolute Gasteiger partial charge is 0.335 e. The molecule has 0 saturated heterocycles. The van der Waals surface area contributed by atoms with Gasteiger partial charge < -0.3 is 5.11 Å². The van der Waals surface area contributed by atoms with Crippen molar-refractivity contribution in [2.75, 3.05) is 0 Å². The summed E-state index contributed by atoms with van der Waals surface area (Å²) in [5.74, 6) is 1.51. The molecule has 2 unspecified atom stereocenters. The maximum atomic E-state index is 11.0. The monoisotopic (exact) mass is 273 g/mol. The normalized spacial score (nSPS) is 29.2. The number of carbonyl (C=O) groups is 1. The van der Waals surface area contributed by atoms with Crippen LogP contribution in [-0.4, -0.2) is 16.1 Å². The lowest BCUT2D eigenvalue weighted by atomic mass is 10.0. The SMILES string of the molecule is O=C(O)c1ccc2nc(C3C4CCCCC43)sc2c1. The molecule has 2 aliphatic rings. The van der Waals surface area contributed by atoms with Gasteiger partial charge in [-0.2, -0.15) is 0 Å². The van der Waals surface area contributed by atoms with Crippen molar-refractivity contribution in [3.05, 3.63) is 28.8 Å². The highest BCUT2D eigenvalue weighted by Crippen LogP contribution is 2.62. The Morgan fingerprint density at radius 3 is 2.68 bits per heavy atom. The van der Waals surface area contributed by atoms with Crippen molar-refractivity contribution in [3.63, 3.8) is 0 Å². The predicted molar refractivity (Wildman–Crippen MR) is 74.8 cm³/mol. The number of carboxylic acids is 1. The van der Waals surface area contributed by atoms with Gasteiger partial charge in [0.25, 0.3) is 0 Å². The molecule has 0 bridgehead atoms. The average molecular weight is 273 g/mol. The molecule has 2 atom stereocenters. The molecule has 4 rings (SSSR count). The molecule has 2 aromatic rings. The van der Waals surface area contributed by atoms with Crippen LogP contribution in [0, 0.1) is 11.8 Å². The van der Waals surface area contributed by atoms with Crippen molar-refractivity contribution in [2.45, 2.75) is 31.6 Å². The molecule has 98 valence electrons. The quantitative estimate of drug-likeness (QED) is 0.902. The van der Waals surface area contributed by atoms with Gasteiger partial charge in [0, 0.05) is 5.92 Å². The van der Waals surface area contributed by atoms with Crippen molar-refractivity contribution < 1.29 is 9.90 Å². The molecular formula is C15H15NO2S. The Morgan fingerprint density at radius 2 is 2.00 bits per heavy atom. The Balaban J connectivity index is 1.70. The second-order valence-corrected chi connectivity index (χ2v) is 6.74. The predicted octanol–water partition coefficient (Wildman–Crippen LogP) is 3.90. The van der Waals surface area contributed by atoms with Gasteiger partial charge in [-0.3, -0.25) is 0 Å². The lowest BCUT2D eigenvalue weighted by Gasteiger charge is -2.04. The van der Waals surface area contributed by atoms with Crippen LogP contribution in [0.2, 0.25) is 0 Å². The zero-order chi connectivity index (χ0) is 13.0. The van der Waals surface area contributed by atoms with Crippen LogP contribution in [0.25, 0.3) is 10.2 Å². The van der Waals surface area contributed by atoms with Gasteiger partial charge in [-0.25, -0.2) is 9.78 Å². The molecule has 2 saturated carbocycles. The zero-order valence-corrected chi connectivity index (χ0v) is 11.3. The van der Waals surface area contributed by atoms with E-state index < -0.39 is 5.97 Å². The summed E-state index contributed by atoms with van der Waals surface area (Å²) in [6.07, 6.45) is 5.44. The van der Waals surface area contributed by atoms with Gasteiger partial charge in [0.05, 0.1) is 20.8 Å². The van der Waals surface area contributed by atoms with Gasteiger partial charge in [0.15, 0.2) is 0 Å². The summed E-state index contributed by atoms with van der Waals surface area (Å²) in [5, 5.41) is 10.3. The largest absolute Gasteiger partial charge is 0.478 e. The Hall–Kier alpha value is -1.42. The molecule has 1 heterocycles. The lowest BCUT2D eigenvalue weighted by molar-refractivity contribution is 0.0697. The molecule has 2 aliphatic carbocycles. The van der Waals surface area contributed by atoms with Crippen molar-refractivity contribution >= 4 is 27.5 Å². The fraction of sp³-hybridized carbons (Fsp3) is 0.467. The van der Waals surface area contributed by atoms with Gasteiger partial charge in [0.1, 0.15) is 0 Å². The first kappa shape index (κ1) is 11.4. The van der Waals surface area contributed by atoms with E-state index in [9.17, 15) is 4.79 Å². The lowest BCUT2D eigenvalue weighted by Crippen LogP contribution is -1.94. The Bertz CT molecular complexity index is 651. The molecule has 3 nitrogen and oxygen atoms in total. The number of hydrogen-bond donors (Lipinski definition) is 1. The second kappa shape index (κ2) is 4.04. The summed E-state index contributed by atoms with van der Waals surface area (Å²) >= 11 is 1.69. The van der Waals surface area contributed by atoms with Crippen molar-refractivity contribution in [3.8, 4) is 0 Å². The number of fused-ring (bicyclic) bond motifs is 2. The maximum absolute atomic E-state index is 11.0. The second-order valence-electron chi connectivity index (χ2n) is 5.68. The number of hydrogen-bond acceptors (Lipinski definition) is 3. The third-order valence-electron chi connectivity index (χ3n) is 4.59. The van der Waals surface area contributed by atoms with E-state index >= 15 is 0 Å². The van der Waals surface area contributed by atoms with E-state index in [1.807, 2.05) is 6.07 Å². The third kappa shape index (κ3) is 1.77. The highest BCUT2D eigenvalue weighted by molar-refractivity contribution is 7.18. The summed E-state index contributed by atoms with van der Waals surface area (Å²) in [7, 11) is 0. The van der Waals surface area contributed by atoms with E-state index in [2.05, 4.69) is 0 Å². The number of carboxylic acid groups (broad SMARTS) is 1. The summed E-state index contributed by atoms with van der Waals surface area (Å²) in [6, 6.07) is 5.24. The molecule has 4 heteroatoms. The fourth-order valence-corrected chi connectivity index (χ4v) is 4.84. The third-order valence-corrected chi connectivity index (χ3v) is 5.71. The molecule has 0 spiro atoms. The van der Waals surface area contributed by atoms with E-state index in [0.29, 0.717) is 11.5 Å². The van der Waals surface area contributed by atoms with E-state index in [1.165, 1.54) is 30.7 Å². The molecule has 0 aliphatic heterocycles. The van der Waals surface area contributed by atoms with Crippen molar-refractivity contribution in [2.24, 2.45) is 11.8 Å². The summed E-state index contributed by atoms with van der Waals surface area (Å²) in [6.45, 7) is 0. The minimum atomic E-state index is -0.864. The molecule has 0 amide bonds. The molecular weight excluding hydrogens is 258 g/mol. The van der Waals surface area contributed by atoms with Crippen LogP contribution in [0.4, 0.5) is 0 Å². The summed E-state index contributed by atoms with van der Waals surface area (Å²) < 4.78 is 1.01. The van der Waals surface area contributed by atoms with Crippen LogP contribution < -0.4 is 0 Å². The van der Waals surface area contributed by atoms with Crippen molar-refractivity contribution in [1.82, 2.24) is 4.98 Å². The van der Waals surface area contributed by atoms with Crippen LogP contribution in [0.5, 0.6) is 0 Å². The van der Waals surface area contributed by atoms with Crippen LogP contribution in [0.3, 0.4) is 0 Å². The van der Waals surface area contributed by atoms with E-state index in [0.717, 1.165) is 22.1 Å². The van der Waals surface area contributed by atoms with E-state index in [4.69, 9.17) is 10.1 Å². The van der Waals surface area contributed by atoms with Crippen LogP contribution in [0.1, 0.15) is 47.0 Å². The first-order valence-electron chi connectivity index (χ1n) is 6.88. The van der Waals surface area contributed by atoms with E-state index in [1.54, 1.807) is 23.5 Å². The zero-order valence-electron chi connectivity index (χ0n) is 10.5. The van der Waals surface area contributed by atoms with Crippen LogP contribution in [0.15, 0.2) is 18.2 Å². The standard InChI is InChI=1S/C15H15NO2S/c17-15(18)8-5-6-11-12(7-8)19-14(16-11)13-9-3-1-2-4-10(9)13/h5-7,9-10,13H,1-4H2,(H,17,18). The first-order chi connectivity index (χ1) is 9.24. The molecule has 2 fully saturated rings. The van der Waals surface area contributed by atoms with Gasteiger partial charge in [0.2, 0.25) is 0 Å². The minimum absolute atomic E-state index is 0.357. The van der Waals surface area contributed by atoms with E-state index in [-0.39, 0.29) is 0 Å². The van der Waals surface area contributed by atoms with Crippen molar-refractivity contribution in [1.29, 1.82) is 0 Å². The highest BCUT2D eigenvalue weighted by atomic mass is 32.1. The number of benzene rings is 1. The molecule has 1 aromatic heterocycles. The average Bonchev–Trinajstić information content (AvgIpc) is 3.00. The number of rotatable bonds is 2. The maximum Gasteiger partial charge on any atom is 0.335 e. The minimum Gasteiger partial charge on any atom is -0.478 e. The Kier molecular flexibility index (Phi) is 2.42. The summed E-state index contributed by atoms with van der Waals surface area (Å²) in [5.41, 5.74) is 1.31. The topological polar surface area (TPSA) is 50.2 Å². The Morgan fingerprint density at radius 1 is 1.26 bits per heavy atom. The Labute approximate surface area is 115 Å². The van der Waals surface area contributed by atoms with Gasteiger partial charge in [-0.05, 0) is 42.9 Å². The first-order valence-corrected chi connectivity index (χ1v) is 7.69. The van der Waals surface area contributed by atoms with Gasteiger partial charge >= 0.3 is 5.97 Å². The highest BCUT2D eigenvalue weighted by Gasteiger charge is 2.52.